The Bertz CT molecular complexity index is 1140. The lowest BCUT2D eigenvalue weighted by atomic mass is 10.1. The molecule has 4 rings (SSSR count). The lowest BCUT2D eigenvalue weighted by Crippen LogP contribution is -2.31. The third kappa shape index (κ3) is 4.33. The summed E-state index contributed by atoms with van der Waals surface area (Å²) in [7, 11) is 1.63. The summed E-state index contributed by atoms with van der Waals surface area (Å²) < 4.78 is 6.31. The summed E-state index contributed by atoms with van der Waals surface area (Å²) in [6.07, 6.45) is 4.72. The molecule has 0 spiro atoms. The van der Waals surface area contributed by atoms with Gasteiger partial charge in [0.2, 0.25) is 5.91 Å². The van der Waals surface area contributed by atoms with Crippen LogP contribution in [0.2, 0.25) is 0 Å². The molecule has 0 atom stereocenters. The van der Waals surface area contributed by atoms with Crippen LogP contribution in [0, 0.1) is 0 Å². The SMILES string of the molecule is CCc1cccc2sc(N(Cc3cccnc3)C(=O)Cc3ccc(OC)cc3)nc12. The summed E-state index contributed by atoms with van der Waals surface area (Å²) in [4.78, 5) is 24.2. The fourth-order valence-corrected chi connectivity index (χ4v) is 4.37. The molecule has 6 heteroatoms. The van der Waals surface area contributed by atoms with Crippen LogP contribution in [-0.4, -0.2) is 23.0 Å². The monoisotopic (exact) mass is 417 g/mol. The first kappa shape index (κ1) is 20.0. The number of rotatable bonds is 7. The lowest BCUT2D eigenvalue weighted by molar-refractivity contribution is -0.118. The molecule has 0 radical (unpaired) electrons. The zero-order chi connectivity index (χ0) is 20.9. The van der Waals surface area contributed by atoms with Gasteiger partial charge in [-0.15, -0.1) is 0 Å². The number of anilines is 1. The number of carbonyl (C=O) groups is 1. The first-order valence-electron chi connectivity index (χ1n) is 9.88. The minimum absolute atomic E-state index is 0.00104. The van der Waals surface area contributed by atoms with Crippen LogP contribution >= 0.6 is 11.3 Å². The Kier molecular flexibility index (Phi) is 6.05. The number of benzene rings is 2. The van der Waals surface area contributed by atoms with Crippen LogP contribution in [0.4, 0.5) is 5.13 Å². The second kappa shape index (κ2) is 9.05. The fraction of sp³-hybridized carbons (Fsp3) is 0.208. The number of aromatic nitrogens is 2. The van der Waals surface area contributed by atoms with E-state index < -0.39 is 0 Å². The number of pyridine rings is 1. The van der Waals surface area contributed by atoms with E-state index in [4.69, 9.17) is 9.72 Å². The average molecular weight is 418 g/mol. The summed E-state index contributed by atoms with van der Waals surface area (Å²) in [5.41, 5.74) is 4.08. The van der Waals surface area contributed by atoms with E-state index in [0.717, 1.165) is 33.5 Å². The van der Waals surface area contributed by atoms with E-state index in [-0.39, 0.29) is 5.91 Å². The third-order valence-corrected chi connectivity index (χ3v) is 6.03. The summed E-state index contributed by atoms with van der Waals surface area (Å²) in [5.74, 6) is 0.776. The zero-order valence-corrected chi connectivity index (χ0v) is 17.9. The molecule has 2 aromatic carbocycles. The topological polar surface area (TPSA) is 55.3 Å². The molecule has 0 saturated heterocycles. The number of methoxy groups -OCH3 is 1. The Balaban J connectivity index is 1.67. The van der Waals surface area contributed by atoms with Crippen LogP contribution in [0.5, 0.6) is 5.75 Å². The Labute approximate surface area is 180 Å². The highest BCUT2D eigenvalue weighted by Gasteiger charge is 2.21. The van der Waals surface area contributed by atoms with Crippen molar-refractivity contribution in [3.05, 3.63) is 83.7 Å². The van der Waals surface area contributed by atoms with Crippen molar-refractivity contribution in [3.8, 4) is 5.75 Å². The van der Waals surface area contributed by atoms with E-state index in [2.05, 4.69) is 24.0 Å². The minimum Gasteiger partial charge on any atom is -0.497 e. The molecule has 30 heavy (non-hydrogen) atoms. The van der Waals surface area contributed by atoms with Gasteiger partial charge in [-0.25, -0.2) is 4.98 Å². The Morgan fingerprint density at radius 3 is 2.60 bits per heavy atom. The average Bonchev–Trinajstić information content (AvgIpc) is 3.22. The molecule has 2 heterocycles. The van der Waals surface area contributed by atoms with Gasteiger partial charge in [0.25, 0.3) is 0 Å². The van der Waals surface area contributed by atoms with E-state index in [1.165, 1.54) is 5.56 Å². The molecule has 0 fully saturated rings. The van der Waals surface area contributed by atoms with E-state index in [1.807, 2.05) is 42.5 Å². The molecule has 0 aliphatic rings. The van der Waals surface area contributed by atoms with Gasteiger partial charge in [0.1, 0.15) is 5.75 Å². The maximum Gasteiger partial charge on any atom is 0.233 e. The number of thiazole rings is 1. The first-order valence-corrected chi connectivity index (χ1v) is 10.7. The van der Waals surface area contributed by atoms with Gasteiger partial charge in [0.15, 0.2) is 5.13 Å². The van der Waals surface area contributed by atoms with Crippen LogP contribution in [0.25, 0.3) is 10.2 Å². The summed E-state index contributed by atoms with van der Waals surface area (Å²) in [6, 6.07) is 17.7. The van der Waals surface area contributed by atoms with Gasteiger partial charge in [-0.3, -0.25) is 14.7 Å². The molecule has 0 unspecified atom stereocenters. The lowest BCUT2D eigenvalue weighted by Gasteiger charge is -2.20. The van der Waals surface area contributed by atoms with Crippen molar-refractivity contribution >= 4 is 32.6 Å². The molecule has 0 N–H and O–H groups in total. The Morgan fingerprint density at radius 1 is 1.07 bits per heavy atom. The van der Waals surface area contributed by atoms with E-state index in [1.54, 1.807) is 35.7 Å². The maximum absolute atomic E-state index is 13.3. The summed E-state index contributed by atoms with van der Waals surface area (Å²) in [5, 5.41) is 0.716. The van der Waals surface area contributed by atoms with Crippen molar-refractivity contribution < 1.29 is 9.53 Å². The normalized spacial score (nSPS) is 10.9. The van der Waals surface area contributed by atoms with Crippen molar-refractivity contribution in [2.24, 2.45) is 0 Å². The molecular formula is C24H23N3O2S. The number of para-hydroxylation sites is 1. The van der Waals surface area contributed by atoms with E-state index >= 15 is 0 Å². The molecule has 0 saturated carbocycles. The summed E-state index contributed by atoms with van der Waals surface area (Å²) in [6.45, 7) is 2.56. The number of aryl methyl sites for hydroxylation is 1. The van der Waals surface area contributed by atoms with Crippen LogP contribution in [0.15, 0.2) is 67.0 Å². The van der Waals surface area contributed by atoms with Crippen molar-refractivity contribution in [1.82, 2.24) is 9.97 Å². The number of carbonyl (C=O) groups excluding carboxylic acids is 1. The molecule has 0 bridgehead atoms. The minimum atomic E-state index is 0.00104. The van der Waals surface area contributed by atoms with Gasteiger partial charge in [-0.1, -0.05) is 48.6 Å². The van der Waals surface area contributed by atoms with Crippen LogP contribution < -0.4 is 9.64 Å². The molecule has 2 aromatic heterocycles. The fourth-order valence-electron chi connectivity index (χ4n) is 3.34. The largest absolute Gasteiger partial charge is 0.497 e. The van der Waals surface area contributed by atoms with Crippen molar-refractivity contribution in [3.63, 3.8) is 0 Å². The third-order valence-electron chi connectivity index (χ3n) is 4.98. The molecule has 4 aromatic rings. The number of nitrogens with zero attached hydrogens (tertiary/aromatic N) is 3. The van der Waals surface area contributed by atoms with E-state index in [0.29, 0.717) is 18.1 Å². The first-order chi connectivity index (χ1) is 14.7. The molecule has 0 aliphatic heterocycles. The van der Waals surface area contributed by atoms with Gasteiger partial charge in [-0.2, -0.15) is 0 Å². The second-order valence-electron chi connectivity index (χ2n) is 6.98. The number of amides is 1. The molecule has 1 amide bonds. The van der Waals surface area contributed by atoms with Crippen molar-refractivity contribution in [1.29, 1.82) is 0 Å². The van der Waals surface area contributed by atoms with Gasteiger partial charge in [0, 0.05) is 12.4 Å². The van der Waals surface area contributed by atoms with Gasteiger partial charge in [-0.05, 0) is 47.4 Å². The molecule has 5 nitrogen and oxygen atoms in total. The van der Waals surface area contributed by atoms with Crippen molar-refractivity contribution in [2.75, 3.05) is 12.0 Å². The molecule has 152 valence electrons. The Morgan fingerprint density at radius 2 is 1.90 bits per heavy atom. The van der Waals surface area contributed by atoms with Gasteiger partial charge < -0.3 is 4.74 Å². The number of hydrogen-bond donors (Lipinski definition) is 0. The molecular weight excluding hydrogens is 394 g/mol. The smallest absolute Gasteiger partial charge is 0.233 e. The standard InChI is InChI=1S/C24H23N3O2S/c1-3-19-7-4-8-21-23(19)26-24(30-21)27(16-18-6-5-13-25-15-18)22(28)14-17-9-11-20(29-2)12-10-17/h4-13,15H,3,14,16H2,1-2H3. The van der Waals surface area contributed by atoms with E-state index in [9.17, 15) is 4.79 Å². The van der Waals surface area contributed by atoms with Gasteiger partial charge in [0.05, 0.1) is 30.3 Å². The maximum atomic E-state index is 13.3. The van der Waals surface area contributed by atoms with Crippen LogP contribution in [-0.2, 0) is 24.2 Å². The van der Waals surface area contributed by atoms with Crippen LogP contribution in [0.1, 0.15) is 23.6 Å². The molecule has 0 aliphatic carbocycles. The predicted octanol–water partition coefficient (Wildman–Crippen LogP) is 5.04. The second-order valence-corrected chi connectivity index (χ2v) is 7.99. The van der Waals surface area contributed by atoms with Crippen LogP contribution in [0.3, 0.4) is 0 Å². The predicted molar refractivity (Wildman–Crippen MR) is 121 cm³/mol. The highest BCUT2D eigenvalue weighted by Crippen LogP contribution is 2.32. The highest BCUT2D eigenvalue weighted by molar-refractivity contribution is 7.22. The number of ether oxygens (including phenoxy) is 1. The number of hydrogen-bond acceptors (Lipinski definition) is 5. The van der Waals surface area contributed by atoms with Crippen molar-refractivity contribution in [2.45, 2.75) is 26.3 Å². The summed E-state index contributed by atoms with van der Waals surface area (Å²) >= 11 is 1.55. The quantitative estimate of drug-likeness (QED) is 0.423. The Hall–Kier alpha value is -3.25. The van der Waals surface area contributed by atoms with Gasteiger partial charge >= 0.3 is 0 Å². The zero-order valence-electron chi connectivity index (χ0n) is 17.0. The highest BCUT2D eigenvalue weighted by atomic mass is 32.1. The number of fused-ring (bicyclic) bond motifs is 1.